The smallest absolute Gasteiger partial charge is 0.410 e. The van der Waals surface area contributed by atoms with Crippen LogP contribution in [0.1, 0.15) is 52.9 Å². The SMILES string of the molecule is CSCCCCCNCC1CCCN1C(=O)OC(C)(C)C. The average Bonchev–Trinajstić information content (AvgIpc) is 2.84. The number of ether oxygens (including phenoxy) is 1. The number of likely N-dealkylation sites (tertiary alicyclic amines) is 1. The van der Waals surface area contributed by atoms with Crippen LogP contribution in [0, 0.1) is 0 Å². The molecule has 0 aromatic rings. The Morgan fingerprint density at radius 3 is 2.76 bits per heavy atom. The Labute approximate surface area is 134 Å². The number of hydrogen-bond donors (Lipinski definition) is 1. The molecule has 1 amide bonds. The highest BCUT2D eigenvalue weighted by Gasteiger charge is 2.31. The van der Waals surface area contributed by atoms with E-state index in [4.69, 9.17) is 4.74 Å². The second-order valence-corrected chi connectivity index (χ2v) is 7.71. The van der Waals surface area contributed by atoms with Gasteiger partial charge in [-0.1, -0.05) is 6.42 Å². The van der Waals surface area contributed by atoms with Gasteiger partial charge in [0, 0.05) is 19.1 Å². The quantitative estimate of drug-likeness (QED) is 0.696. The molecule has 0 aromatic carbocycles. The molecule has 0 radical (unpaired) electrons. The van der Waals surface area contributed by atoms with Crippen molar-refractivity contribution in [2.24, 2.45) is 0 Å². The van der Waals surface area contributed by atoms with Gasteiger partial charge in [-0.2, -0.15) is 11.8 Å². The van der Waals surface area contributed by atoms with Crippen molar-refractivity contribution >= 4 is 17.9 Å². The summed E-state index contributed by atoms with van der Waals surface area (Å²) in [4.78, 5) is 14.0. The molecule has 0 saturated carbocycles. The van der Waals surface area contributed by atoms with Gasteiger partial charge in [-0.05, 0) is 65.0 Å². The first-order valence-corrected chi connectivity index (χ1v) is 9.52. The van der Waals surface area contributed by atoms with Gasteiger partial charge in [0.1, 0.15) is 5.60 Å². The molecule has 1 aliphatic heterocycles. The molecule has 1 N–H and O–H groups in total. The van der Waals surface area contributed by atoms with Gasteiger partial charge >= 0.3 is 6.09 Å². The number of carbonyl (C=O) groups is 1. The Kier molecular flexibility index (Phi) is 8.49. The van der Waals surface area contributed by atoms with Crippen LogP contribution in [-0.2, 0) is 4.74 Å². The number of nitrogens with zero attached hydrogens (tertiary/aromatic N) is 1. The topological polar surface area (TPSA) is 41.6 Å². The summed E-state index contributed by atoms with van der Waals surface area (Å²) in [5.74, 6) is 1.26. The minimum atomic E-state index is -0.408. The summed E-state index contributed by atoms with van der Waals surface area (Å²) in [5.41, 5.74) is -0.408. The van der Waals surface area contributed by atoms with Crippen molar-refractivity contribution in [2.45, 2.75) is 64.5 Å². The number of carbonyl (C=O) groups excluding carboxylic acids is 1. The Morgan fingerprint density at radius 2 is 2.10 bits per heavy atom. The molecule has 0 aliphatic carbocycles. The lowest BCUT2D eigenvalue weighted by molar-refractivity contribution is 0.0226. The normalized spacial score (nSPS) is 19.0. The van der Waals surface area contributed by atoms with Gasteiger partial charge in [-0.3, -0.25) is 0 Å². The second-order valence-electron chi connectivity index (χ2n) is 6.73. The predicted octanol–water partition coefficient (Wildman–Crippen LogP) is 3.51. The number of thioether (sulfide) groups is 1. The maximum absolute atomic E-state index is 12.2. The Hall–Kier alpha value is -0.420. The third-order valence-electron chi connectivity index (χ3n) is 3.59. The van der Waals surface area contributed by atoms with Crippen LogP contribution in [0.4, 0.5) is 4.79 Å². The fourth-order valence-electron chi connectivity index (χ4n) is 2.55. The summed E-state index contributed by atoms with van der Waals surface area (Å²) >= 11 is 1.92. The molecule has 21 heavy (non-hydrogen) atoms. The lowest BCUT2D eigenvalue weighted by Crippen LogP contribution is -2.44. The van der Waals surface area contributed by atoms with Gasteiger partial charge in [0.15, 0.2) is 0 Å². The first kappa shape index (κ1) is 18.6. The standard InChI is InChI=1S/C16H32N2O2S/c1-16(2,3)20-15(19)18-11-8-9-14(18)13-17-10-6-5-7-12-21-4/h14,17H,5-13H2,1-4H3. The number of amides is 1. The summed E-state index contributed by atoms with van der Waals surface area (Å²) in [6.07, 6.45) is 7.97. The number of hydrogen-bond acceptors (Lipinski definition) is 4. The molecule has 1 rings (SSSR count). The zero-order chi connectivity index (χ0) is 15.7. The van der Waals surface area contributed by atoms with Gasteiger partial charge in [-0.15, -0.1) is 0 Å². The minimum absolute atomic E-state index is 0.160. The van der Waals surface area contributed by atoms with Crippen LogP contribution in [0.3, 0.4) is 0 Å². The highest BCUT2D eigenvalue weighted by molar-refractivity contribution is 7.98. The van der Waals surface area contributed by atoms with E-state index in [0.29, 0.717) is 6.04 Å². The number of nitrogens with one attached hydrogen (secondary N) is 1. The van der Waals surface area contributed by atoms with Crippen LogP contribution in [0.25, 0.3) is 0 Å². The lowest BCUT2D eigenvalue weighted by atomic mass is 10.2. The Bertz CT molecular complexity index is 305. The fraction of sp³-hybridized carbons (Fsp3) is 0.938. The third-order valence-corrected chi connectivity index (χ3v) is 4.28. The molecule has 1 atom stereocenters. The molecule has 1 aliphatic rings. The van der Waals surface area contributed by atoms with E-state index in [0.717, 1.165) is 32.5 Å². The first-order chi connectivity index (χ1) is 9.94. The Morgan fingerprint density at radius 1 is 1.33 bits per heavy atom. The van der Waals surface area contributed by atoms with Crippen molar-refractivity contribution < 1.29 is 9.53 Å². The average molecular weight is 317 g/mol. The number of rotatable bonds is 8. The zero-order valence-corrected chi connectivity index (χ0v) is 14.9. The van der Waals surface area contributed by atoms with E-state index in [-0.39, 0.29) is 6.09 Å². The maximum Gasteiger partial charge on any atom is 0.410 e. The number of unbranched alkanes of at least 4 members (excludes halogenated alkanes) is 2. The third kappa shape index (κ3) is 7.96. The minimum Gasteiger partial charge on any atom is -0.444 e. The molecule has 0 bridgehead atoms. The van der Waals surface area contributed by atoms with Crippen LogP contribution in [-0.4, -0.2) is 54.3 Å². The van der Waals surface area contributed by atoms with Crippen molar-refractivity contribution in [2.75, 3.05) is 31.6 Å². The van der Waals surface area contributed by atoms with E-state index >= 15 is 0 Å². The van der Waals surface area contributed by atoms with Crippen molar-refractivity contribution in [1.82, 2.24) is 10.2 Å². The summed E-state index contributed by atoms with van der Waals surface area (Å²) in [7, 11) is 0. The molecule has 1 saturated heterocycles. The van der Waals surface area contributed by atoms with Crippen molar-refractivity contribution in [3.05, 3.63) is 0 Å². The summed E-state index contributed by atoms with van der Waals surface area (Å²) < 4.78 is 5.48. The van der Waals surface area contributed by atoms with Crippen LogP contribution < -0.4 is 5.32 Å². The van der Waals surface area contributed by atoms with E-state index in [1.165, 1.54) is 25.0 Å². The van der Waals surface area contributed by atoms with Crippen molar-refractivity contribution in [1.29, 1.82) is 0 Å². The van der Waals surface area contributed by atoms with E-state index < -0.39 is 5.60 Å². The molecule has 1 unspecified atom stereocenters. The lowest BCUT2D eigenvalue weighted by Gasteiger charge is -2.28. The van der Waals surface area contributed by atoms with Gasteiger partial charge in [0.25, 0.3) is 0 Å². The molecule has 5 heteroatoms. The summed E-state index contributed by atoms with van der Waals surface area (Å²) in [6.45, 7) is 8.53. The maximum atomic E-state index is 12.2. The largest absolute Gasteiger partial charge is 0.444 e. The van der Waals surface area contributed by atoms with Gasteiger partial charge < -0.3 is 15.0 Å². The molecule has 1 heterocycles. The fourth-order valence-corrected chi connectivity index (χ4v) is 3.04. The molecule has 0 spiro atoms. The molecule has 0 aromatic heterocycles. The zero-order valence-electron chi connectivity index (χ0n) is 14.1. The van der Waals surface area contributed by atoms with Crippen LogP contribution in [0.2, 0.25) is 0 Å². The highest BCUT2D eigenvalue weighted by Crippen LogP contribution is 2.20. The molecular formula is C16H32N2O2S. The van der Waals surface area contributed by atoms with Gasteiger partial charge in [0.05, 0.1) is 0 Å². The Balaban J connectivity index is 2.20. The summed E-state index contributed by atoms with van der Waals surface area (Å²) in [5, 5.41) is 3.50. The van der Waals surface area contributed by atoms with Crippen molar-refractivity contribution in [3.8, 4) is 0 Å². The van der Waals surface area contributed by atoms with Crippen LogP contribution in [0.5, 0.6) is 0 Å². The van der Waals surface area contributed by atoms with Crippen LogP contribution in [0.15, 0.2) is 0 Å². The molecule has 124 valence electrons. The van der Waals surface area contributed by atoms with E-state index in [1.807, 2.05) is 37.4 Å². The van der Waals surface area contributed by atoms with Crippen molar-refractivity contribution in [3.63, 3.8) is 0 Å². The highest BCUT2D eigenvalue weighted by atomic mass is 32.2. The van der Waals surface area contributed by atoms with E-state index in [9.17, 15) is 4.79 Å². The van der Waals surface area contributed by atoms with Crippen LogP contribution >= 0.6 is 11.8 Å². The molecule has 1 fully saturated rings. The van der Waals surface area contributed by atoms with Gasteiger partial charge in [-0.25, -0.2) is 4.79 Å². The van der Waals surface area contributed by atoms with E-state index in [2.05, 4.69) is 11.6 Å². The second kappa shape index (κ2) is 9.57. The molecule has 4 nitrogen and oxygen atoms in total. The van der Waals surface area contributed by atoms with E-state index in [1.54, 1.807) is 0 Å². The first-order valence-electron chi connectivity index (χ1n) is 8.13. The van der Waals surface area contributed by atoms with Gasteiger partial charge in [0.2, 0.25) is 0 Å². The predicted molar refractivity (Wildman–Crippen MR) is 91.1 cm³/mol. The molecular weight excluding hydrogens is 284 g/mol. The monoisotopic (exact) mass is 316 g/mol. The summed E-state index contributed by atoms with van der Waals surface area (Å²) in [6, 6.07) is 0.297.